The lowest BCUT2D eigenvalue weighted by Gasteiger charge is -1.97. The van der Waals surface area contributed by atoms with Gasteiger partial charge < -0.3 is 9.40 Å². The van der Waals surface area contributed by atoms with Gasteiger partial charge in [0.05, 0.1) is 17.7 Å². The van der Waals surface area contributed by atoms with Gasteiger partial charge in [-0.15, -0.1) is 11.8 Å². The number of carbonyl (C=O) groups is 1. The molecule has 2 heterocycles. The summed E-state index contributed by atoms with van der Waals surface area (Å²) in [7, 11) is 0. The van der Waals surface area contributed by atoms with Crippen molar-refractivity contribution in [3.05, 3.63) is 42.1 Å². The maximum absolute atomic E-state index is 11.6. The molecule has 0 radical (unpaired) electrons. The van der Waals surface area contributed by atoms with Gasteiger partial charge in [0.25, 0.3) is 0 Å². The first-order chi connectivity index (χ1) is 7.27. The number of ketones is 1. The molecule has 0 aliphatic rings. The van der Waals surface area contributed by atoms with Crippen molar-refractivity contribution in [2.45, 2.75) is 11.8 Å². The SMILES string of the molecule is Cc1occc1SCC(=O)c1ccc[nH]1. The molecular weight excluding hydrogens is 210 g/mol. The van der Waals surface area contributed by atoms with E-state index in [1.807, 2.05) is 19.1 Å². The van der Waals surface area contributed by atoms with Crippen LogP contribution in [-0.4, -0.2) is 16.5 Å². The van der Waals surface area contributed by atoms with Crippen LogP contribution in [-0.2, 0) is 0 Å². The molecule has 2 aromatic heterocycles. The molecule has 0 saturated carbocycles. The van der Waals surface area contributed by atoms with E-state index < -0.39 is 0 Å². The molecule has 0 aliphatic heterocycles. The second kappa shape index (κ2) is 4.40. The molecule has 3 nitrogen and oxygen atoms in total. The van der Waals surface area contributed by atoms with Crippen molar-refractivity contribution in [2.75, 3.05) is 5.75 Å². The van der Waals surface area contributed by atoms with Crippen LogP contribution in [0.5, 0.6) is 0 Å². The Morgan fingerprint density at radius 3 is 3.00 bits per heavy atom. The average Bonchev–Trinajstić information content (AvgIpc) is 2.85. The van der Waals surface area contributed by atoms with Crippen LogP contribution in [0.1, 0.15) is 16.2 Å². The molecule has 0 aromatic carbocycles. The largest absolute Gasteiger partial charge is 0.468 e. The predicted octanol–water partition coefficient (Wildman–Crippen LogP) is 2.89. The van der Waals surface area contributed by atoms with E-state index in [1.165, 1.54) is 11.8 Å². The fraction of sp³-hybridized carbons (Fsp3) is 0.182. The van der Waals surface area contributed by atoms with Gasteiger partial charge in [0, 0.05) is 11.1 Å². The van der Waals surface area contributed by atoms with Crippen molar-refractivity contribution in [2.24, 2.45) is 0 Å². The molecule has 2 aromatic rings. The molecule has 1 N–H and O–H groups in total. The Morgan fingerprint density at radius 2 is 2.40 bits per heavy atom. The molecule has 0 amide bonds. The number of nitrogens with one attached hydrogen (secondary N) is 1. The number of Topliss-reactive ketones (excluding diaryl/α,β-unsaturated/α-hetero) is 1. The topological polar surface area (TPSA) is 46.0 Å². The smallest absolute Gasteiger partial charge is 0.189 e. The molecule has 0 aliphatic carbocycles. The average molecular weight is 221 g/mol. The minimum atomic E-state index is 0.102. The van der Waals surface area contributed by atoms with E-state index >= 15 is 0 Å². The van der Waals surface area contributed by atoms with Crippen LogP contribution >= 0.6 is 11.8 Å². The first-order valence-electron chi connectivity index (χ1n) is 4.61. The van der Waals surface area contributed by atoms with Gasteiger partial charge in [-0.05, 0) is 25.1 Å². The fourth-order valence-corrected chi connectivity index (χ4v) is 2.09. The van der Waals surface area contributed by atoms with Crippen molar-refractivity contribution < 1.29 is 9.21 Å². The molecule has 0 bridgehead atoms. The maximum atomic E-state index is 11.6. The molecule has 4 heteroatoms. The van der Waals surface area contributed by atoms with Crippen LogP contribution in [0.25, 0.3) is 0 Å². The van der Waals surface area contributed by atoms with Crippen LogP contribution in [0.15, 0.2) is 40.0 Å². The summed E-state index contributed by atoms with van der Waals surface area (Å²) in [6, 6.07) is 5.48. The molecule has 0 fully saturated rings. The van der Waals surface area contributed by atoms with Gasteiger partial charge in [-0.2, -0.15) is 0 Å². The summed E-state index contributed by atoms with van der Waals surface area (Å²) >= 11 is 1.50. The number of hydrogen-bond acceptors (Lipinski definition) is 3. The number of rotatable bonds is 4. The molecular formula is C11H11NO2S. The summed E-state index contributed by atoms with van der Waals surface area (Å²) in [5.74, 6) is 1.39. The van der Waals surface area contributed by atoms with Crippen molar-refractivity contribution in [1.82, 2.24) is 4.98 Å². The van der Waals surface area contributed by atoms with E-state index in [-0.39, 0.29) is 5.78 Å². The Kier molecular flexibility index (Phi) is 2.97. The minimum Gasteiger partial charge on any atom is -0.468 e. The highest BCUT2D eigenvalue weighted by molar-refractivity contribution is 8.00. The van der Waals surface area contributed by atoms with Crippen LogP contribution < -0.4 is 0 Å². The second-order valence-corrected chi connectivity index (χ2v) is 4.15. The van der Waals surface area contributed by atoms with Crippen molar-refractivity contribution in [3.8, 4) is 0 Å². The van der Waals surface area contributed by atoms with Gasteiger partial charge >= 0.3 is 0 Å². The Labute approximate surface area is 91.9 Å². The molecule has 0 unspecified atom stereocenters. The monoisotopic (exact) mass is 221 g/mol. The number of thioether (sulfide) groups is 1. The maximum Gasteiger partial charge on any atom is 0.189 e. The van der Waals surface area contributed by atoms with E-state index in [2.05, 4.69) is 4.98 Å². The molecule has 0 atom stereocenters. The van der Waals surface area contributed by atoms with Gasteiger partial charge in [-0.1, -0.05) is 0 Å². The number of aromatic nitrogens is 1. The standard InChI is InChI=1S/C11H11NO2S/c1-8-11(4-6-14-8)15-7-10(13)9-3-2-5-12-9/h2-6,12H,7H2,1H3. The van der Waals surface area contributed by atoms with Gasteiger partial charge in [0.2, 0.25) is 0 Å². The lowest BCUT2D eigenvalue weighted by atomic mass is 10.3. The Balaban J connectivity index is 1.95. The zero-order chi connectivity index (χ0) is 10.7. The summed E-state index contributed by atoms with van der Waals surface area (Å²) < 4.78 is 5.15. The second-order valence-electron chi connectivity index (χ2n) is 3.14. The Morgan fingerprint density at radius 1 is 1.53 bits per heavy atom. The number of H-pyrrole nitrogens is 1. The zero-order valence-electron chi connectivity index (χ0n) is 8.32. The Hall–Kier alpha value is -1.42. The summed E-state index contributed by atoms with van der Waals surface area (Å²) in [5.41, 5.74) is 0.656. The predicted molar refractivity (Wildman–Crippen MR) is 59.3 cm³/mol. The minimum absolute atomic E-state index is 0.102. The number of hydrogen-bond donors (Lipinski definition) is 1. The third-order valence-corrected chi connectivity index (χ3v) is 3.21. The van der Waals surface area contributed by atoms with Gasteiger partial charge in [0.15, 0.2) is 5.78 Å². The first kappa shape index (κ1) is 10.1. The van der Waals surface area contributed by atoms with E-state index in [9.17, 15) is 4.79 Å². The molecule has 15 heavy (non-hydrogen) atoms. The van der Waals surface area contributed by atoms with E-state index in [1.54, 1.807) is 18.5 Å². The number of carbonyl (C=O) groups excluding carboxylic acids is 1. The van der Waals surface area contributed by atoms with Crippen LogP contribution in [0.3, 0.4) is 0 Å². The van der Waals surface area contributed by atoms with E-state index in [0.717, 1.165) is 10.7 Å². The molecule has 0 saturated heterocycles. The van der Waals surface area contributed by atoms with Gasteiger partial charge in [-0.3, -0.25) is 4.79 Å². The molecule has 0 spiro atoms. The highest BCUT2D eigenvalue weighted by atomic mass is 32.2. The zero-order valence-corrected chi connectivity index (χ0v) is 9.14. The summed E-state index contributed by atoms with van der Waals surface area (Å²) in [4.78, 5) is 15.5. The third-order valence-electron chi connectivity index (χ3n) is 2.07. The van der Waals surface area contributed by atoms with Crippen molar-refractivity contribution in [3.63, 3.8) is 0 Å². The summed E-state index contributed by atoms with van der Waals surface area (Å²) in [6.07, 6.45) is 3.39. The quantitative estimate of drug-likeness (QED) is 0.637. The van der Waals surface area contributed by atoms with E-state index in [0.29, 0.717) is 11.4 Å². The molecule has 2 rings (SSSR count). The lowest BCUT2D eigenvalue weighted by Crippen LogP contribution is -2.02. The summed E-state index contributed by atoms with van der Waals surface area (Å²) in [6.45, 7) is 1.89. The van der Waals surface area contributed by atoms with Gasteiger partial charge in [0.1, 0.15) is 5.76 Å². The van der Waals surface area contributed by atoms with Crippen molar-refractivity contribution in [1.29, 1.82) is 0 Å². The first-order valence-corrected chi connectivity index (χ1v) is 5.59. The normalized spacial score (nSPS) is 10.5. The van der Waals surface area contributed by atoms with Crippen LogP contribution in [0, 0.1) is 6.92 Å². The highest BCUT2D eigenvalue weighted by Gasteiger charge is 2.09. The van der Waals surface area contributed by atoms with Crippen LogP contribution in [0.4, 0.5) is 0 Å². The third kappa shape index (κ3) is 2.33. The number of aryl methyl sites for hydroxylation is 1. The lowest BCUT2D eigenvalue weighted by molar-refractivity contribution is 0.101. The summed E-state index contributed by atoms with van der Waals surface area (Å²) in [5, 5.41) is 0. The number of aromatic amines is 1. The highest BCUT2D eigenvalue weighted by Crippen LogP contribution is 2.23. The Bertz CT molecular complexity index is 445. The van der Waals surface area contributed by atoms with Gasteiger partial charge in [-0.25, -0.2) is 0 Å². The van der Waals surface area contributed by atoms with E-state index in [4.69, 9.17) is 4.42 Å². The fourth-order valence-electron chi connectivity index (χ4n) is 1.25. The van der Waals surface area contributed by atoms with Crippen molar-refractivity contribution >= 4 is 17.5 Å². The molecule has 78 valence electrons. The number of furan rings is 1. The van der Waals surface area contributed by atoms with Crippen LogP contribution in [0.2, 0.25) is 0 Å².